The second-order valence-electron chi connectivity index (χ2n) is 6.59. The maximum Gasteiger partial charge on any atom is 0.00981 e. The van der Waals surface area contributed by atoms with Gasteiger partial charge in [0.15, 0.2) is 0 Å². The van der Waals surface area contributed by atoms with Crippen LogP contribution in [0.15, 0.2) is 0 Å². The molecule has 78 valence electrons. The minimum absolute atomic E-state index is 0.881. The molecule has 4 rings (SSSR count). The van der Waals surface area contributed by atoms with Crippen molar-refractivity contribution < 1.29 is 0 Å². The highest BCUT2D eigenvalue weighted by atomic mass is 15.2. The Morgan fingerprint density at radius 3 is 2.79 bits per heavy atom. The molecule has 4 aliphatic rings. The van der Waals surface area contributed by atoms with Crippen LogP contribution in [0.2, 0.25) is 0 Å². The largest absolute Gasteiger partial charge is 0.303 e. The van der Waals surface area contributed by atoms with Crippen molar-refractivity contribution >= 4 is 0 Å². The van der Waals surface area contributed by atoms with E-state index >= 15 is 0 Å². The summed E-state index contributed by atoms with van der Waals surface area (Å²) < 4.78 is 0. The van der Waals surface area contributed by atoms with E-state index in [-0.39, 0.29) is 0 Å². The Morgan fingerprint density at radius 1 is 1.29 bits per heavy atom. The normalized spacial score (nSPS) is 58.3. The molecule has 4 fully saturated rings. The van der Waals surface area contributed by atoms with E-state index in [1.807, 2.05) is 0 Å². The van der Waals surface area contributed by atoms with Gasteiger partial charge in [-0.25, -0.2) is 0 Å². The van der Waals surface area contributed by atoms with Gasteiger partial charge in [0.2, 0.25) is 0 Å². The van der Waals surface area contributed by atoms with Crippen molar-refractivity contribution in [2.75, 3.05) is 13.6 Å². The highest BCUT2D eigenvalue weighted by Crippen LogP contribution is 2.73. The molecule has 1 heterocycles. The molecule has 5 unspecified atom stereocenters. The zero-order valence-corrected chi connectivity index (χ0v) is 9.37. The molecule has 2 bridgehead atoms. The molecule has 0 radical (unpaired) electrons. The molecule has 0 amide bonds. The first-order chi connectivity index (χ1) is 6.71. The predicted molar refractivity (Wildman–Crippen MR) is 57.0 cm³/mol. The first-order valence-corrected chi connectivity index (χ1v) is 6.41. The molecule has 3 saturated carbocycles. The lowest BCUT2D eigenvalue weighted by molar-refractivity contribution is 0.171. The third kappa shape index (κ3) is 0.743. The van der Waals surface area contributed by atoms with E-state index in [1.54, 1.807) is 25.7 Å². The Balaban J connectivity index is 1.70. The van der Waals surface area contributed by atoms with Crippen LogP contribution < -0.4 is 0 Å². The number of hydrogen-bond donors (Lipinski definition) is 0. The van der Waals surface area contributed by atoms with Crippen LogP contribution in [-0.4, -0.2) is 24.5 Å². The number of nitrogens with zero attached hydrogens (tertiary/aromatic N) is 1. The van der Waals surface area contributed by atoms with Gasteiger partial charge in [-0.15, -0.1) is 0 Å². The molecular formula is C13H21N. The highest BCUT2D eigenvalue weighted by Gasteiger charge is 2.67. The summed E-state index contributed by atoms with van der Waals surface area (Å²) >= 11 is 0. The van der Waals surface area contributed by atoms with Crippen LogP contribution in [0.1, 0.15) is 32.6 Å². The Labute approximate surface area is 86.9 Å². The molecule has 14 heavy (non-hydrogen) atoms. The lowest BCUT2D eigenvalue weighted by atomic mass is 9.72. The second kappa shape index (κ2) is 2.21. The first-order valence-electron chi connectivity index (χ1n) is 6.41. The van der Waals surface area contributed by atoms with Crippen LogP contribution in [0.3, 0.4) is 0 Å². The SMILES string of the molecule is CC1C2C3CC(C2CN1C)C1(CC1)C3. The molecule has 0 N–H and O–H groups in total. The van der Waals surface area contributed by atoms with Crippen LogP contribution in [0.4, 0.5) is 0 Å². The maximum absolute atomic E-state index is 2.62. The van der Waals surface area contributed by atoms with Gasteiger partial charge in [0.1, 0.15) is 0 Å². The third-order valence-electron chi connectivity index (χ3n) is 6.21. The number of rotatable bonds is 0. The summed E-state index contributed by atoms with van der Waals surface area (Å²) in [6.45, 7) is 3.87. The third-order valence-corrected chi connectivity index (χ3v) is 6.21. The molecule has 1 aliphatic heterocycles. The fourth-order valence-corrected chi connectivity index (χ4v) is 5.40. The minimum Gasteiger partial charge on any atom is -0.303 e. The van der Waals surface area contributed by atoms with Crippen molar-refractivity contribution in [1.29, 1.82) is 0 Å². The Bertz CT molecular complexity index is 279. The smallest absolute Gasteiger partial charge is 0.00981 e. The summed E-state index contributed by atoms with van der Waals surface area (Å²) in [6, 6.07) is 0.881. The molecule has 0 aromatic rings. The molecule has 1 heteroatoms. The van der Waals surface area contributed by atoms with E-state index in [0.717, 1.165) is 35.1 Å². The number of hydrogen-bond acceptors (Lipinski definition) is 1. The van der Waals surface area contributed by atoms with Crippen LogP contribution in [0.25, 0.3) is 0 Å². The topological polar surface area (TPSA) is 3.24 Å². The van der Waals surface area contributed by atoms with Crippen molar-refractivity contribution in [1.82, 2.24) is 4.90 Å². The fraction of sp³-hybridized carbons (Fsp3) is 1.00. The van der Waals surface area contributed by atoms with Gasteiger partial charge in [0, 0.05) is 12.6 Å². The van der Waals surface area contributed by atoms with E-state index in [1.165, 1.54) is 6.54 Å². The number of likely N-dealkylation sites (tertiary alicyclic amines) is 1. The minimum atomic E-state index is 0.881. The van der Waals surface area contributed by atoms with Crippen molar-refractivity contribution in [3.8, 4) is 0 Å². The summed E-state index contributed by atoms with van der Waals surface area (Å²) in [7, 11) is 2.34. The highest BCUT2D eigenvalue weighted by molar-refractivity contribution is 5.17. The molecule has 0 aromatic heterocycles. The van der Waals surface area contributed by atoms with E-state index in [2.05, 4.69) is 18.9 Å². The van der Waals surface area contributed by atoms with Crippen LogP contribution in [-0.2, 0) is 0 Å². The Morgan fingerprint density at radius 2 is 2.07 bits per heavy atom. The van der Waals surface area contributed by atoms with Crippen molar-refractivity contribution in [2.45, 2.75) is 38.6 Å². The Kier molecular flexibility index (Phi) is 1.29. The van der Waals surface area contributed by atoms with Gasteiger partial charge in [0.05, 0.1) is 0 Å². The standard InChI is InChI=1S/C13H21N/c1-8-12-9-5-11(10(12)7-14(8)2)13(6-9)3-4-13/h8-12H,3-7H2,1-2H3. The van der Waals surface area contributed by atoms with E-state index in [9.17, 15) is 0 Å². The molecule has 3 aliphatic carbocycles. The van der Waals surface area contributed by atoms with E-state index < -0.39 is 0 Å². The summed E-state index contributed by atoms with van der Waals surface area (Å²) in [5.74, 6) is 4.44. The van der Waals surface area contributed by atoms with Gasteiger partial charge in [-0.05, 0) is 68.7 Å². The monoisotopic (exact) mass is 191 g/mol. The lowest BCUT2D eigenvalue weighted by Gasteiger charge is -2.32. The summed E-state index contributed by atoms with van der Waals surface area (Å²) in [5, 5.41) is 0. The second-order valence-corrected chi connectivity index (χ2v) is 6.59. The van der Waals surface area contributed by atoms with E-state index in [0.29, 0.717) is 0 Å². The lowest BCUT2D eigenvalue weighted by Crippen LogP contribution is -2.31. The van der Waals surface area contributed by atoms with Crippen LogP contribution >= 0.6 is 0 Å². The van der Waals surface area contributed by atoms with Crippen molar-refractivity contribution in [3.05, 3.63) is 0 Å². The summed E-state index contributed by atoms with van der Waals surface area (Å²) in [4.78, 5) is 2.62. The van der Waals surface area contributed by atoms with Gasteiger partial charge >= 0.3 is 0 Å². The summed E-state index contributed by atoms with van der Waals surface area (Å²) in [5.41, 5.74) is 0.900. The first kappa shape index (κ1) is 8.15. The van der Waals surface area contributed by atoms with Crippen molar-refractivity contribution in [3.63, 3.8) is 0 Å². The van der Waals surface area contributed by atoms with Gasteiger partial charge in [-0.2, -0.15) is 0 Å². The van der Waals surface area contributed by atoms with Crippen molar-refractivity contribution in [2.24, 2.45) is 29.1 Å². The molecule has 5 atom stereocenters. The average molecular weight is 191 g/mol. The predicted octanol–water partition coefficient (Wildman–Crippen LogP) is 2.37. The molecule has 1 spiro atoms. The van der Waals surface area contributed by atoms with Crippen LogP contribution in [0, 0.1) is 29.1 Å². The Hall–Kier alpha value is -0.0400. The van der Waals surface area contributed by atoms with Gasteiger partial charge < -0.3 is 4.90 Å². The fourth-order valence-electron chi connectivity index (χ4n) is 5.40. The average Bonchev–Trinajstić information content (AvgIpc) is 2.54. The maximum atomic E-state index is 2.62. The van der Waals surface area contributed by atoms with Gasteiger partial charge in [0.25, 0.3) is 0 Å². The molecule has 0 aromatic carbocycles. The summed E-state index contributed by atoms with van der Waals surface area (Å²) in [6.07, 6.45) is 6.37. The zero-order chi connectivity index (χ0) is 9.50. The zero-order valence-electron chi connectivity index (χ0n) is 9.37. The van der Waals surface area contributed by atoms with Crippen LogP contribution in [0.5, 0.6) is 0 Å². The molecule has 1 saturated heterocycles. The van der Waals surface area contributed by atoms with Gasteiger partial charge in [-0.1, -0.05) is 0 Å². The quantitative estimate of drug-likeness (QED) is 0.568. The number of fused-ring (bicyclic) bond motifs is 6. The van der Waals surface area contributed by atoms with Gasteiger partial charge in [-0.3, -0.25) is 0 Å². The molecule has 1 nitrogen and oxygen atoms in total. The van der Waals surface area contributed by atoms with E-state index in [4.69, 9.17) is 0 Å². The molecular weight excluding hydrogens is 170 g/mol.